The number of aryl methyl sites for hydroxylation is 2. The zero-order valence-corrected chi connectivity index (χ0v) is 13.6. The van der Waals surface area contributed by atoms with Crippen LogP contribution in [0.3, 0.4) is 0 Å². The fraction of sp³-hybridized carbons (Fsp3) is 0.600. The van der Waals surface area contributed by atoms with Crippen molar-refractivity contribution in [3.63, 3.8) is 0 Å². The highest BCUT2D eigenvalue weighted by atomic mass is 32.1. The van der Waals surface area contributed by atoms with Gasteiger partial charge in [-0.25, -0.2) is 0 Å². The monoisotopic (exact) mass is 308 g/mol. The molecular formula is C15H20N2OS2. The maximum Gasteiger partial charge on any atom is 0.263 e. The van der Waals surface area contributed by atoms with Crippen LogP contribution in [-0.4, -0.2) is 9.55 Å². The minimum atomic E-state index is 0.115. The largest absolute Gasteiger partial charge is 0.323 e. The average molecular weight is 308 g/mol. The van der Waals surface area contributed by atoms with Crippen molar-refractivity contribution >= 4 is 33.8 Å². The Kier molecular flexibility index (Phi) is 3.82. The number of hydrogen-bond donors (Lipinski definition) is 1. The van der Waals surface area contributed by atoms with Crippen LogP contribution in [0.2, 0.25) is 0 Å². The minimum Gasteiger partial charge on any atom is -0.323 e. The van der Waals surface area contributed by atoms with Crippen LogP contribution >= 0.6 is 23.6 Å². The van der Waals surface area contributed by atoms with Gasteiger partial charge in [-0.3, -0.25) is 9.36 Å². The molecule has 1 saturated carbocycles. The van der Waals surface area contributed by atoms with Gasteiger partial charge in [-0.05, 0) is 44.0 Å². The molecule has 0 spiro atoms. The molecule has 108 valence electrons. The fourth-order valence-electron chi connectivity index (χ4n) is 3.28. The Morgan fingerprint density at radius 1 is 1.35 bits per heavy atom. The number of fused-ring (bicyclic) bond motifs is 1. The fourth-order valence-corrected chi connectivity index (χ4v) is 4.82. The molecule has 3 nitrogen and oxygen atoms in total. The normalized spacial score (nSPS) is 16.9. The molecule has 1 aliphatic carbocycles. The van der Waals surface area contributed by atoms with Crippen molar-refractivity contribution in [3.05, 3.63) is 25.6 Å². The lowest BCUT2D eigenvalue weighted by Crippen LogP contribution is -2.27. The lowest BCUT2D eigenvalue weighted by atomic mass is 9.95. The van der Waals surface area contributed by atoms with Gasteiger partial charge in [0.1, 0.15) is 4.83 Å². The van der Waals surface area contributed by atoms with Crippen LogP contribution in [0.5, 0.6) is 0 Å². The molecule has 0 bridgehead atoms. The molecule has 0 saturated heterocycles. The molecule has 1 fully saturated rings. The first-order chi connectivity index (χ1) is 9.63. The van der Waals surface area contributed by atoms with Gasteiger partial charge in [0.25, 0.3) is 5.56 Å². The van der Waals surface area contributed by atoms with Crippen LogP contribution in [0, 0.1) is 11.7 Å². The van der Waals surface area contributed by atoms with E-state index >= 15 is 0 Å². The molecule has 5 heteroatoms. The third-order valence-electron chi connectivity index (χ3n) is 4.38. The van der Waals surface area contributed by atoms with Crippen LogP contribution in [-0.2, 0) is 6.42 Å². The molecular weight excluding hydrogens is 288 g/mol. The second-order valence-corrected chi connectivity index (χ2v) is 7.10. The number of nitrogens with zero attached hydrogens (tertiary/aromatic N) is 1. The summed E-state index contributed by atoms with van der Waals surface area (Å²) in [6.07, 6.45) is 6.80. The van der Waals surface area contributed by atoms with Crippen molar-refractivity contribution < 1.29 is 0 Å². The third-order valence-corrected chi connectivity index (χ3v) is 6.03. The quantitative estimate of drug-likeness (QED) is 0.830. The minimum absolute atomic E-state index is 0.115. The van der Waals surface area contributed by atoms with Gasteiger partial charge >= 0.3 is 0 Å². The van der Waals surface area contributed by atoms with Crippen molar-refractivity contribution in [2.24, 2.45) is 0 Å². The van der Waals surface area contributed by atoms with Crippen molar-refractivity contribution in [1.29, 1.82) is 0 Å². The molecule has 2 heterocycles. The first-order valence-corrected chi connectivity index (χ1v) is 8.62. The molecule has 3 rings (SSSR count). The molecule has 0 radical (unpaired) electrons. The van der Waals surface area contributed by atoms with E-state index in [1.54, 1.807) is 11.3 Å². The standard InChI is InChI=1S/C15H20N2OS2/c1-3-11-9(2)12-13(20-11)16-15(19)17(14(12)18)10-7-5-4-6-8-10/h10H,3-8H2,1-2H3,(H,16,19). The van der Waals surface area contributed by atoms with E-state index in [0.29, 0.717) is 4.77 Å². The molecule has 0 aromatic carbocycles. The van der Waals surface area contributed by atoms with Gasteiger partial charge in [-0.1, -0.05) is 26.2 Å². The highest BCUT2D eigenvalue weighted by molar-refractivity contribution is 7.71. The van der Waals surface area contributed by atoms with E-state index in [2.05, 4.69) is 18.8 Å². The van der Waals surface area contributed by atoms with Crippen LogP contribution < -0.4 is 5.56 Å². The molecule has 0 amide bonds. The predicted molar refractivity (Wildman–Crippen MR) is 87.5 cm³/mol. The van der Waals surface area contributed by atoms with Gasteiger partial charge in [0.05, 0.1) is 5.39 Å². The van der Waals surface area contributed by atoms with Crippen LogP contribution in [0.1, 0.15) is 55.5 Å². The SMILES string of the molecule is CCc1sc2[nH]c(=S)n(C3CCCCC3)c(=O)c2c1C. The topological polar surface area (TPSA) is 37.8 Å². The van der Waals surface area contributed by atoms with Crippen molar-refractivity contribution in [2.75, 3.05) is 0 Å². The Hall–Kier alpha value is -0.940. The Bertz CT molecular complexity index is 748. The van der Waals surface area contributed by atoms with Gasteiger partial charge in [0.15, 0.2) is 4.77 Å². The van der Waals surface area contributed by atoms with Gasteiger partial charge in [-0.15, -0.1) is 11.3 Å². The lowest BCUT2D eigenvalue weighted by Gasteiger charge is -2.23. The summed E-state index contributed by atoms with van der Waals surface area (Å²) in [5, 5.41) is 0.853. The van der Waals surface area contributed by atoms with Gasteiger partial charge in [0, 0.05) is 10.9 Å². The van der Waals surface area contributed by atoms with Gasteiger partial charge < -0.3 is 4.98 Å². The average Bonchev–Trinajstić information content (AvgIpc) is 2.76. The maximum absolute atomic E-state index is 12.9. The number of aromatic nitrogens is 2. The molecule has 2 aromatic rings. The number of aromatic amines is 1. The zero-order valence-electron chi connectivity index (χ0n) is 12.0. The first-order valence-electron chi connectivity index (χ1n) is 7.40. The summed E-state index contributed by atoms with van der Waals surface area (Å²) in [6, 6.07) is 0.286. The van der Waals surface area contributed by atoms with Gasteiger partial charge in [0.2, 0.25) is 0 Å². The van der Waals surface area contributed by atoms with E-state index in [9.17, 15) is 4.79 Å². The highest BCUT2D eigenvalue weighted by Crippen LogP contribution is 2.30. The summed E-state index contributed by atoms with van der Waals surface area (Å²) in [4.78, 5) is 18.4. The van der Waals surface area contributed by atoms with Crippen molar-refractivity contribution in [3.8, 4) is 0 Å². The summed E-state index contributed by atoms with van der Waals surface area (Å²) in [7, 11) is 0. The molecule has 0 aliphatic heterocycles. The van der Waals surface area contributed by atoms with Crippen molar-refractivity contribution in [1.82, 2.24) is 9.55 Å². The van der Waals surface area contributed by atoms with E-state index in [-0.39, 0.29) is 11.6 Å². The lowest BCUT2D eigenvalue weighted by molar-refractivity contribution is 0.342. The number of hydrogen-bond acceptors (Lipinski definition) is 3. The first kappa shape index (κ1) is 14.0. The predicted octanol–water partition coefficient (Wildman–Crippen LogP) is 4.50. The molecule has 1 N–H and O–H groups in total. The Labute approximate surface area is 127 Å². The summed E-state index contributed by atoms with van der Waals surface area (Å²) < 4.78 is 2.44. The number of nitrogens with one attached hydrogen (secondary N) is 1. The maximum atomic E-state index is 12.9. The molecule has 0 atom stereocenters. The van der Waals surface area contributed by atoms with E-state index in [1.165, 1.54) is 24.1 Å². The number of rotatable bonds is 2. The second-order valence-electron chi connectivity index (χ2n) is 5.61. The Morgan fingerprint density at radius 3 is 2.70 bits per heavy atom. The van der Waals surface area contributed by atoms with Crippen LogP contribution in [0.4, 0.5) is 0 Å². The molecule has 0 unspecified atom stereocenters. The summed E-state index contributed by atoms with van der Waals surface area (Å²) in [5.74, 6) is 0. The van der Waals surface area contributed by atoms with Crippen molar-refractivity contribution in [2.45, 2.75) is 58.4 Å². The molecule has 2 aromatic heterocycles. The Balaban J connectivity index is 2.25. The van der Waals surface area contributed by atoms with Crippen LogP contribution in [0.15, 0.2) is 4.79 Å². The third kappa shape index (κ3) is 2.17. The number of H-pyrrole nitrogens is 1. The zero-order chi connectivity index (χ0) is 14.3. The number of thiophene rings is 1. The van der Waals surface area contributed by atoms with E-state index in [1.807, 2.05) is 4.57 Å². The summed E-state index contributed by atoms with van der Waals surface area (Å²) in [6.45, 7) is 4.19. The highest BCUT2D eigenvalue weighted by Gasteiger charge is 2.21. The van der Waals surface area contributed by atoms with E-state index in [4.69, 9.17) is 12.2 Å². The van der Waals surface area contributed by atoms with Gasteiger partial charge in [-0.2, -0.15) is 0 Å². The summed E-state index contributed by atoms with van der Waals surface area (Å²) in [5.41, 5.74) is 1.25. The molecule has 20 heavy (non-hydrogen) atoms. The van der Waals surface area contributed by atoms with Crippen LogP contribution in [0.25, 0.3) is 10.2 Å². The smallest absolute Gasteiger partial charge is 0.263 e. The van der Waals surface area contributed by atoms with E-state index in [0.717, 1.165) is 35.0 Å². The molecule has 1 aliphatic rings. The summed E-state index contributed by atoms with van der Waals surface area (Å²) >= 11 is 7.12. The Morgan fingerprint density at radius 2 is 2.05 bits per heavy atom. The van der Waals surface area contributed by atoms with E-state index < -0.39 is 0 Å². The second kappa shape index (κ2) is 5.45.